The lowest BCUT2D eigenvalue weighted by Gasteiger charge is -2.21. The van der Waals surface area contributed by atoms with Crippen LogP contribution in [0.1, 0.15) is 13.8 Å². The maximum atomic E-state index is 14.5. The predicted octanol–water partition coefficient (Wildman–Crippen LogP) is 3.23. The average molecular weight is 397 g/mol. The molecule has 7 nitrogen and oxygen atoms in total. The number of amides is 2. The van der Waals surface area contributed by atoms with Crippen LogP contribution in [-0.4, -0.2) is 34.5 Å². The number of cyclic esters (lactones) is 1. The van der Waals surface area contributed by atoms with E-state index < -0.39 is 24.2 Å². The Balaban J connectivity index is 1.79. The van der Waals surface area contributed by atoms with E-state index in [1.54, 1.807) is 25.1 Å². The molecule has 2 heterocycles. The van der Waals surface area contributed by atoms with E-state index in [0.29, 0.717) is 15.6 Å². The van der Waals surface area contributed by atoms with Crippen molar-refractivity contribution in [2.24, 2.45) is 0 Å². The van der Waals surface area contributed by atoms with Crippen LogP contribution < -0.4 is 10.2 Å². The summed E-state index contributed by atoms with van der Waals surface area (Å²) in [5, 5.41) is 10.8. The number of aromatic nitrogens is 2. The minimum atomic E-state index is -0.790. The molecule has 2 atom stereocenters. The molecule has 1 unspecified atom stereocenters. The number of carbonyl (C=O) groups is 2. The number of ether oxygens (including phenoxy) is 1. The smallest absolute Gasteiger partial charge is 0.416 e. The summed E-state index contributed by atoms with van der Waals surface area (Å²) in [7, 11) is 0. The lowest BCUT2D eigenvalue weighted by atomic mass is 10.2. The van der Waals surface area contributed by atoms with E-state index in [0.717, 1.165) is 11.8 Å². The standard InChI is InChI=1S/C16H14ClFN4O3S/c1-8-15(19-9(2)23)25-16(24)22(8)10-3-4-12(11(18)7-10)26-14-6-5-13(17)20-21-14/h3-8,15H,1-2H3,(H,19,23)/t8?,15-/m0/s1. The third kappa shape index (κ3) is 3.88. The minimum Gasteiger partial charge on any atom is -0.423 e. The molecule has 1 aromatic heterocycles. The monoisotopic (exact) mass is 396 g/mol. The lowest BCUT2D eigenvalue weighted by Crippen LogP contribution is -2.43. The molecule has 26 heavy (non-hydrogen) atoms. The molecule has 1 aromatic carbocycles. The molecule has 3 rings (SSSR count). The van der Waals surface area contributed by atoms with Crippen LogP contribution in [0, 0.1) is 5.82 Å². The fourth-order valence-electron chi connectivity index (χ4n) is 2.45. The van der Waals surface area contributed by atoms with Crippen molar-refractivity contribution in [3.8, 4) is 0 Å². The zero-order valence-corrected chi connectivity index (χ0v) is 15.3. The number of nitrogens with one attached hydrogen (secondary N) is 1. The number of hydrogen-bond donors (Lipinski definition) is 1. The Morgan fingerprint density at radius 3 is 2.73 bits per heavy atom. The highest BCUT2D eigenvalue weighted by atomic mass is 35.5. The quantitative estimate of drug-likeness (QED) is 0.854. The Hall–Kier alpha value is -2.39. The molecule has 0 spiro atoms. The van der Waals surface area contributed by atoms with E-state index in [1.807, 2.05) is 0 Å². The highest BCUT2D eigenvalue weighted by Gasteiger charge is 2.40. The third-order valence-corrected chi connectivity index (χ3v) is 4.81. The van der Waals surface area contributed by atoms with Gasteiger partial charge in [-0.05, 0) is 37.3 Å². The van der Waals surface area contributed by atoms with Gasteiger partial charge in [0.1, 0.15) is 10.8 Å². The molecule has 10 heteroatoms. The van der Waals surface area contributed by atoms with Crippen LogP contribution in [0.15, 0.2) is 40.3 Å². The molecule has 1 saturated heterocycles. The summed E-state index contributed by atoms with van der Waals surface area (Å²) < 4.78 is 19.6. The summed E-state index contributed by atoms with van der Waals surface area (Å²) in [5.74, 6) is -0.842. The van der Waals surface area contributed by atoms with Gasteiger partial charge in [0.05, 0.1) is 11.7 Å². The second kappa shape index (κ2) is 7.46. The molecule has 1 fully saturated rings. The van der Waals surface area contributed by atoms with E-state index in [2.05, 4.69) is 15.5 Å². The van der Waals surface area contributed by atoms with Gasteiger partial charge in [-0.15, -0.1) is 10.2 Å². The highest BCUT2D eigenvalue weighted by molar-refractivity contribution is 7.99. The van der Waals surface area contributed by atoms with E-state index in [1.165, 1.54) is 24.0 Å². The molecule has 1 N–H and O–H groups in total. The van der Waals surface area contributed by atoms with Crippen LogP contribution in [0.25, 0.3) is 0 Å². The van der Waals surface area contributed by atoms with Crippen molar-refractivity contribution < 1.29 is 18.7 Å². The predicted molar refractivity (Wildman–Crippen MR) is 93.6 cm³/mol. The number of carbonyl (C=O) groups excluding carboxylic acids is 2. The van der Waals surface area contributed by atoms with Crippen molar-refractivity contribution in [1.82, 2.24) is 15.5 Å². The molecule has 0 bridgehead atoms. The second-order valence-corrected chi connectivity index (χ2v) is 6.98. The topological polar surface area (TPSA) is 84.4 Å². The molecular formula is C16H14ClFN4O3S. The maximum absolute atomic E-state index is 14.5. The van der Waals surface area contributed by atoms with Gasteiger partial charge in [0.2, 0.25) is 5.91 Å². The maximum Gasteiger partial charge on any atom is 0.416 e. The van der Waals surface area contributed by atoms with Gasteiger partial charge in [-0.3, -0.25) is 9.69 Å². The number of halogens is 2. The Morgan fingerprint density at radius 2 is 2.12 bits per heavy atom. The van der Waals surface area contributed by atoms with Crippen LogP contribution in [-0.2, 0) is 9.53 Å². The van der Waals surface area contributed by atoms with E-state index in [-0.39, 0.29) is 11.1 Å². The molecule has 1 aliphatic rings. The summed E-state index contributed by atoms with van der Waals surface area (Å²) >= 11 is 6.76. The summed E-state index contributed by atoms with van der Waals surface area (Å²) in [5.41, 5.74) is 0.333. The van der Waals surface area contributed by atoms with Gasteiger partial charge < -0.3 is 10.1 Å². The van der Waals surface area contributed by atoms with Crippen molar-refractivity contribution in [2.75, 3.05) is 4.90 Å². The van der Waals surface area contributed by atoms with Gasteiger partial charge >= 0.3 is 6.09 Å². The molecule has 2 aromatic rings. The van der Waals surface area contributed by atoms with Crippen molar-refractivity contribution in [2.45, 2.75) is 36.0 Å². The molecule has 0 aliphatic carbocycles. The first-order chi connectivity index (χ1) is 12.3. The Kier molecular flexibility index (Phi) is 5.28. The number of anilines is 1. The van der Waals surface area contributed by atoms with Gasteiger partial charge in [-0.2, -0.15) is 0 Å². The van der Waals surface area contributed by atoms with Gasteiger partial charge in [-0.1, -0.05) is 23.4 Å². The van der Waals surface area contributed by atoms with Gasteiger partial charge in [0.15, 0.2) is 11.4 Å². The first-order valence-electron chi connectivity index (χ1n) is 7.58. The van der Waals surface area contributed by atoms with Crippen molar-refractivity contribution >= 4 is 41.1 Å². The zero-order chi connectivity index (χ0) is 18.8. The van der Waals surface area contributed by atoms with Crippen LogP contribution in [0.2, 0.25) is 5.15 Å². The molecule has 136 valence electrons. The van der Waals surface area contributed by atoms with E-state index in [4.69, 9.17) is 16.3 Å². The van der Waals surface area contributed by atoms with Crippen LogP contribution >= 0.6 is 23.4 Å². The number of benzene rings is 1. The van der Waals surface area contributed by atoms with Crippen LogP contribution in [0.4, 0.5) is 14.9 Å². The first kappa shape index (κ1) is 18.4. The van der Waals surface area contributed by atoms with E-state index in [9.17, 15) is 14.0 Å². The fraction of sp³-hybridized carbons (Fsp3) is 0.250. The number of nitrogens with zero attached hydrogens (tertiary/aromatic N) is 3. The van der Waals surface area contributed by atoms with E-state index >= 15 is 0 Å². The van der Waals surface area contributed by atoms with Crippen LogP contribution in [0.5, 0.6) is 0 Å². The Bertz CT molecular complexity index is 852. The fourth-order valence-corrected chi connectivity index (χ4v) is 3.29. The summed E-state index contributed by atoms with van der Waals surface area (Å²) in [6.07, 6.45) is -1.44. The zero-order valence-electron chi connectivity index (χ0n) is 13.8. The van der Waals surface area contributed by atoms with Gasteiger partial charge in [0, 0.05) is 11.8 Å². The minimum absolute atomic E-state index is 0.250. The van der Waals surface area contributed by atoms with Crippen molar-refractivity contribution in [1.29, 1.82) is 0 Å². The van der Waals surface area contributed by atoms with Crippen LogP contribution in [0.3, 0.4) is 0 Å². The largest absolute Gasteiger partial charge is 0.423 e. The highest BCUT2D eigenvalue weighted by Crippen LogP contribution is 2.33. The second-order valence-electron chi connectivity index (χ2n) is 5.53. The van der Waals surface area contributed by atoms with Crippen molar-refractivity contribution in [3.05, 3.63) is 41.3 Å². The summed E-state index contributed by atoms with van der Waals surface area (Å²) in [4.78, 5) is 24.9. The number of hydrogen-bond acceptors (Lipinski definition) is 6. The summed E-state index contributed by atoms with van der Waals surface area (Å²) in [6, 6.07) is 7.09. The van der Waals surface area contributed by atoms with Gasteiger partial charge in [-0.25, -0.2) is 9.18 Å². The SMILES string of the molecule is CC(=O)N[C@H]1OC(=O)N(c2ccc(Sc3ccc(Cl)nn3)c(F)c2)C1C. The Labute approximate surface area is 157 Å². The molecule has 2 amide bonds. The molecule has 0 radical (unpaired) electrons. The average Bonchev–Trinajstić information content (AvgIpc) is 2.85. The molecule has 0 saturated carbocycles. The first-order valence-corrected chi connectivity index (χ1v) is 8.78. The third-order valence-electron chi connectivity index (χ3n) is 3.63. The number of rotatable bonds is 4. The van der Waals surface area contributed by atoms with Gasteiger partial charge in [0.25, 0.3) is 0 Å². The Morgan fingerprint density at radius 1 is 1.35 bits per heavy atom. The molecular weight excluding hydrogens is 383 g/mol. The molecule has 1 aliphatic heterocycles. The normalized spacial score (nSPS) is 19.4. The summed E-state index contributed by atoms with van der Waals surface area (Å²) in [6.45, 7) is 3.03. The lowest BCUT2D eigenvalue weighted by molar-refractivity contribution is -0.121. The van der Waals surface area contributed by atoms with Crippen molar-refractivity contribution in [3.63, 3.8) is 0 Å².